The summed E-state index contributed by atoms with van der Waals surface area (Å²) in [4.78, 5) is 12.0. The van der Waals surface area contributed by atoms with Gasteiger partial charge in [-0.3, -0.25) is 4.79 Å². The molecule has 2 fully saturated rings. The molecule has 0 aromatic rings. The Balaban J connectivity index is 1.99. The van der Waals surface area contributed by atoms with Gasteiger partial charge in [-0.05, 0) is 62.7 Å². The highest BCUT2D eigenvalue weighted by atomic mass is 16.4. The summed E-state index contributed by atoms with van der Waals surface area (Å²) < 4.78 is 0. The largest absolute Gasteiger partial charge is 0.481 e. The second-order valence-electron chi connectivity index (χ2n) is 8.69. The van der Waals surface area contributed by atoms with Crippen LogP contribution in [-0.4, -0.2) is 11.1 Å². The van der Waals surface area contributed by atoms with Crippen molar-refractivity contribution in [1.29, 1.82) is 0 Å². The lowest BCUT2D eigenvalue weighted by atomic mass is 9.45. The number of fused-ring (bicyclic) bond motifs is 3. The van der Waals surface area contributed by atoms with E-state index < -0.39 is 11.4 Å². The third-order valence-corrected chi connectivity index (χ3v) is 7.38. The molecule has 0 radical (unpaired) electrons. The lowest BCUT2D eigenvalue weighted by Crippen LogP contribution is -2.54. The van der Waals surface area contributed by atoms with Crippen LogP contribution in [0.3, 0.4) is 0 Å². The van der Waals surface area contributed by atoms with Gasteiger partial charge in [0.1, 0.15) is 0 Å². The van der Waals surface area contributed by atoms with Crippen LogP contribution in [-0.2, 0) is 4.79 Å². The van der Waals surface area contributed by atoms with E-state index in [0.29, 0.717) is 11.8 Å². The van der Waals surface area contributed by atoms with Crippen molar-refractivity contribution in [1.82, 2.24) is 0 Å². The molecule has 0 amide bonds. The summed E-state index contributed by atoms with van der Waals surface area (Å²) in [6.07, 6.45) is 12.1. The van der Waals surface area contributed by atoms with Crippen LogP contribution in [0.15, 0.2) is 24.3 Å². The van der Waals surface area contributed by atoms with Crippen LogP contribution in [0.25, 0.3) is 0 Å². The predicted octanol–water partition coefficient (Wildman–Crippen LogP) is 5.21. The number of hydrogen-bond acceptors (Lipinski definition) is 1. The first-order valence-electron chi connectivity index (χ1n) is 8.84. The van der Waals surface area contributed by atoms with Crippen molar-refractivity contribution in [2.45, 2.75) is 65.7 Å². The Bertz CT molecular complexity index is 534. The summed E-state index contributed by atoms with van der Waals surface area (Å²) in [7, 11) is 0. The van der Waals surface area contributed by atoms with E-state index in [4.69, 9.17) is 0 Å². The van der Waals surface area contributed by atoms with E-state index in [2.05, 4.69) is 32.6 Å². The van der Waals surface area contributed by atoms with E-state index in [9.17, 15) is 9.90 Å². The minimum atomic E-state index is -0.581. The number of allylic oxidation sites excluding steroid dienone is 3. The average Bonchev–Trinajstić information content (AvgIpc) is 2.46. The number of aliphatic carboxylic acids is 1. The average molecular weight is 302 g/mol. The van der Waals surface area contributed by atoms with E-state index in [1.807, 2.05) is 6.92 Å². The van der Waals surface area contributed by atoms with Crippen molar-refractivity contribution >= 4 is 5.97 Å². The highest BCUT2D eigenvalue weighted by Crippen LogP contribution is 2.63. The van der Waals surface area contributed by atoms with Gasteiger partial charge < -0.3 is 5.11 Å². The van der Waals surface area contributed by atoms with Crippen LogP contribution in [0.1, 0.15) is 65.7 Å². The first-order chi connectivity index (χ1) is 10.3. The van der Waals surface area contributed by atoms with Gasteiger partial charge in [0, 0.05) is 5.41 Å². The van der Waals surface area contributed by atoms with Gasteiger partial charge in [-0.25, -0.2) is 0 Å². The highest BCUT2D eigenvalue weighted by molar-refractivity contribution is 5.75. The summed E-state index contributed by atoms with van der Waals surface area (Å²) >= 11 is 0. The Morgan fingerprint density at radius 1 is 1.27 bits per heavy atom. The molecule has 0 spiro atoms. The molecule has 1 N–H and O–H groups in total. The number of carbonyl (C=O) groups is 1. The van der Waals surface area contributed by atoms with Crippen LogP contribution in [0, 0.1) is 28.1 Å². The fraction of sp³-hybridized carbons (Fsp3) is 0.750. The van der Waals surface area contributed by atoms with Gasteiger partial charge in [-0.15, -0.1) is 6.58 Å². The molecule has 0 heterocycles. The standard InChI is InChI=1S/C20H30O2/c1-5-18(2)12-9-15-14(13-18)7-8-16-19(15,3)10-6-11-20(16,4)17(21)22/h5,13,15-16H,1,6-12H2,2-4H3,(H,21,22)/t15-,16+,18-,19?,20+/m0/s1. The third kappa shape index (κ3) is 2.10. The Morgan fingerprint density at radius 3 is 2.64 bits per heavy atom. The lowest BCUT2D eigenvalue weighted by molar-refractivity contribution is -0.164. The molecule has 2 nitrogen and oxygen atoms in total. The molecular weight excluding hydrogens is 272 g/mol. The third-order valence-electron chi connectivity index (χ3n) is 7.38. The Kier molecular flexibility index (Phi) is 3.58. The molecule has 3 aliphatic carbocycles. The molecule has 0 aromatic carbocycles. The maximum Gasteiger partial charge on any atom is 0.309 e. The van der Waals surface area contributed by atoms with Crippen LogP contribution < -0.4 is 0 Å². The highest BCUT2D eigenvalue weighted by Gasteiger charge is 2.58. The second kappa shape index (κ2) is 4.97. The second-order valence-corrected chi connectivity index (χ2v) is 8.69. The Hall–Kier alpha value is -1.05. The number of carboxylic acids is 1. The van der Waals surface area contributed by atoms with Gasteiger partial charge in [0.25, 0.3) is 0 Å². The van der Waals surface area contributed by atoms with Crippen molar-refractivity contribution in [3.8, 4) is 0 Å². The molecule has 0 aromatic heterocycles. The number of carboxylic acid groups (broad SMARTS) is 1. The number of rotatable bonds is 2. The maximum atomic E-state index is 12.0. The Labute approximate surface area is 134 Å². The van der Waals surface area contributed by atoms with Crippen molar-refractivity contribution < 1.29 is 9.90 Å². The van der Waals surface area contributed by atoms with E-state index >= 15 is 0 Å². The summed E-state index contributed by atoms with van der Waals surface area (Å²) in [6.45, 7) is 10.7. The normalized spacial score (nSPS) is 47.9. The summed E-state index contributed by atoms with van der Waals surface area (Å²) in [5, 5.41) is 9.84. The van der Waals surface area contributed by atoms with E-state index in [0.717, 1.165) is 32.1 Å². The van der Waals surface area contributed by atoms with Gasteiger partial charge in [0.05, 0.1) is 5.41 Å². The van der Waals surface area contributed by atoms with Gasteiger partial charge in [0.15, 0.2) is 0 Å². The lowest BCUT2D eigenvalue weighted by Gasteiger charge is -2.59. The zero-order chi connectivity index (χ0) is 16.2. The molecule has 22 heavy (non-hydrogen) atoms. The molecule has 0 aliphatic heterocycles. The predicted molar refractivity (Wildman–Crippen MR) is 89.5 cm³/mol. The minimum absolute atomic E-state index is 0.139. The molecule has 0 saturated heterocycles. The monoisotopic (exact) mass is 302 g/mol. The molecule has 5 atom stereocenters. The van der Waals surface area contributed by atoms with E-state index in [1.165, 1.54) is 12.8 Å². The van der Waals surface area contributed by atoms with Crippen molar-refractivity contribution in [2.24, 2.45) is 28.1 Å². The van der Waals surface area contributed by atoms with Gasteiger partial charge in [0.2, 0.25) is 0 Å². The molecule has 3 aliphatic rings. The molecule has 0 bridgehead atoms. The smallest absolute Gasteiger partial charge is 0.309 e. The van der Waals surface area contributed by atoms with E-state index in [-0.39, 0.29) is 10.8 Å². The number of hydrogen-bond donors (Lipinski definition) is 1. The molecular formula is C20H30O2. The molecule has 1 unspecified atom stereocenters. The van der Waals surface area contributed by atoms with Crippen molar-refractivity contribution in [2.75, 3.05) is 0 Å². The molecule has 3 rings (SSSR count). The van der Waals surface area contributed by atoms with Gasteiger partial charge >= 0.3 is 5.97 Å². The molecule has 122 valence electrons. The molecule has 2 heteroatoms. The van der Waals surface area contributed by atoms with Crippen LogP contribution in [0.5, 0.6) is 0 Å². The fourth-order valence-corrected chi connectivity index (χ4v) is 5.94. The van der Waals surface area contributed by atoms with Gasteiger partial charge in [-0.2, -0.15) is 0 Å². The maximum absolute atomic E-state index is 12.0. The van der Waals surface area contributed by atoms with Crippen molar-refractivity contribution in [3.63, 3.8) is 0 Å². The quantitative estimate of drug-likeness (QED) is 0.711. The topological polar surface area (TPSA) is 37.3 Å². The summed E-state index contributed by atoms with van der Waals surface area (Å²) in [6, 6.07) is 0. The first-order valence-corrected chi connectivity index (χ1v) is 8.84. The molecule has 2 saturated carbocycles. The van der Waals surface area contributed by atoms with Crippen LogP contribution >= 0.6 is 0 Å². The zero-order valence-corrected chi connectivity index (χ0v) is 14.3. The van der Waals surface area contributed by atoms with Crippen LogP contribution in [0.4, 0.5) is 0 Å². The fourth-order valence-electron chi connectivity index (χ4n) is 5.94. The Morgan fingerprint density at radius 2 is 2.00 bits per heavy atom. The first kappa shape index (κ1) is 15.8. The van der Waals surface area contributed by atoms with E-state index in [1.54, 1.807) is 5.57 Å². The summed E-state index contributed by atoms with van der Waals surface area (Å²) in [5.74, 6) is 0.322. The summed E-state index contributed by atoms with van der Waals surface area (Å²) in [5.41, 5.74) is 1.36. The SMILES string of the molecule is C=C[C@]1(C)C=C2CC[C@@H]3C(C)(CCC[C@@]3(C)C(=O)O)[C@H]2CC1. The van der Waals surface area contributed by atoms with Crippen LogP contribution in [0.2, 0.25) is 0 Å². The zero-order valence-electron chi connectivity index (χ0n) is 14.3. The van der Waals surface area contributed by atoms with Crippen molar-refractivity contribution in [3.05, 3.63) is 24.3 Å². The minimum Gasteiger partial charge on any atom is -0.481 e. The van der Waals surface area contributed by atoms with Gasteiger partial charge in [-0.1, -0.05) is 38.0 Å².